The number of alkyl halides is 3. The molecular weight excluding hydrogens is 352 g/mol. The van der Waals surface area contributed by atoms with Crippen LogP contribution in [0.5, 0.6) is 0 Å². The van der Waals surface area contributed by atoms with Gasteiger partial charge in [0.05, 0.1) is 0 Å². The van der Waals surface area contributed by atoms with E-state index in [2.05, 4.69) is 15.7 Å². The number of hydrogen-bond donors (Lipinski definition) is 2. The number of nitrogens with zero attached hydrogens (tertiary/aromatic N) is 2. The Morgan fingerprint density at radius 3 is 2.62 bits per heavy atom. The summed E-state index contributed by atoms with van der Waals surface area (Å²) < 4.78 is 52.4. The third-order valence-corrected chi connectivity index (χ3v) is 4.50. The molecule has 5 nitrogen and oxygen atoms in total. The highest BCUT2D eigenvalue weighted by atomic mass is 19.4. The number of benzene rings is 1. The van der Waals surface area contributed by atoms with Gasteiger partial charge in [-0.3, -0.25) is 9.48 Å². The second-order valence-electron chi connectivity index (χ2n) is 6.27. The first-order valence-corrected chi connectivity index (χ1v) is 8.14. The molecule has 1 aromatic heterocycles. The van der Waals surface area contributed by atoms with Gasteiger partial charge in [-0.05, 0) is 30.7 Å². The molecule has 1 aromatic carbocycles. The Bertz CT molecular complexity index is 785. The maximum Gasteiger partial charge on any atom is 0.433 e. The fraction of sp³-hybridized carbons (Fsp3) is 0.412. The fourth-order valence-corrected chi connectivity index (χ4v) is 3.18. The summed E-state index contributed by atoms with van der Waals surface area (Å²) in [5, 5.41) is 9.66. The number of aryl methyl sites for hydroxylation is 1. The zero-order valence-electron chi connectivity index (χ0n) is 14.0. The highest BCUT2D eigenvalue weighted by Crippen LogP contribution is 2.29. The maximum atomic E-state index is 13.1. The van der Waals surface area contributed by atoms with Gasteiger partial charge in [0.1, 0.15) is 11.5 Å². The SMILES string of the molecule is Cn1nc(C(=O)N[C@@H]2CCNC[C@@H]2c2ccc(F)cc2)cc1C(F)(F)F. The summed E-state index contributed by atoms with van der Waals surface area (Å²) in [7, 11) is 1.14. The lowest BCUT2D eigenvalue weighted by atomic mass is 9.87. The Hall–Kier alpha value is -2.42. The van der Waals surface area contributed by atoms with Crippen molar-refractivity contribution in [2.45, 2.75) is 24.6 Å². The summed E-state index contributed by atoms with van der Waals surface area (Å²) in [5.41, 5.74) is -0.417. The summed E-state index contributed by atoms with van der Waals surface area (Å²) in [6.45, 7) is 1.24. The van der Waals surface area contributed by atoms with Crippen LogP contribution in [0.2, 0.25) is 0 Å². The fourth-order valence-electron chi connectivity index (χ4n) is 3.18. The number of aromatic nitrogens is 2. The van der Waals surface area contributed by atoms with Gasteiger partial charge in [0.2, 0.25) is 0 Å². The average molecular weight is 370 g/mol. The van der Waals surface area contributed by atoms with Crippen LogP contribution >= 0.6 is 0 Å². The Morgan fingerprint density at radius 1 is 1.31 bits per heavy atom. The monoisotopic (exact) mass is 370 g/mol. The molecule has 1 aliphatic heterocycles. The van der Waals surface area contributed by atoms with Crippen LogP contribution < -0.4 is 10.6 Å². The van der Waals surface area contributed by atoms with Crippen molar-refractivity contribution in [3.63, 3.8) is 0 Å². The molecule has 26 heavy (non-hydrogen) atoms. The van der Waals surface area contributed by atoms with Crippen molar-refractivity contribution in [3.8, 4) is 0 Å². The number of halogens is 4. The first-order valence-electron chi connectivity index (χ1n) is 8.14. The summed E-state index contributed by atoms with van der Waals surface area (Å²) in [5.74, 6) is -1.12. The summed E-state index contributed by atoms with van der Waals surface area (Å²) in [4.78, 5) is 12.4. The van der Waals surface area contributed by atoms with E-state index in [-0.39, 0.29) is 23.5 Å². The van der Waals surface area contributed by atoms with Gasteiger partial charge in [-0.25, -0.2) is 4.39 Å². The van der Waals surface area contributed by atoms with Gasteiger partial charge in [0.15, 0.2) is 5.69 Å². The molecule has 9 heteroatoms. The minimum absolute atomic E-state index is 0.112. The third-order valence-electron chi connectivity index (χ3n) is 4.50. The number of nitrogens with one attached hydrogen (secondary N) is 2. The number of amides is 1. The summed E-state index contributed by atoms with van der Waals surface area (Å²) >= 11 is 0. The van der Waals surface area contributed by atoms with Crippen LogP contribution in [0.4, 0.5) is 17.6 Å². The number of rotatable bonds is 3. The predicted molar refractivity (Wildman–Crippen MR) is 86.1 cm³/mol. The van der Waals surface area contributed by atoms with E-state index in [9.17, 15) is 22.4 Å². The molecule has 0 aliphatic carbocycles. The molecule has 0 bridgehead atoms. The minimum Gasteiger partial charge on any atom is -0.347 e. The molecule has 2 N–H and O–H groups in total. The van der Waals surface area contributed by atoms with Gasteiger partial charge in [0, 0.05) is 31.6 Å². The summed E-state index contributed by atoms with van der Waals surface area (Å²) in [6, 6.07) is 6.44. The molecule has 1 amide bonds. The molecule has 2 aromatic rings. The minimum atomic E-state index is -4.58. The highest BCUT2D eigenvalue weighted by molar-refractivity contribution is 5.92. The van der Waals surface area contributed by atoms with E-state index in [1.165, 1.54) is 12.1 Å². The number of hydrogen-bond acceptors (Lipinski definition) is 3. The molecule has 1 aliphatic rings. The standard InChI is InChI=1S/C17H18F4N4O/c1-25-15(17(19,20)21)8-14(24-25)16(26)23-13-6-7-22-9-12(13)10-2-4-11(18)5-3-10/h2-5,8,12-13,22H,6-7,9H2,1H3,(H,23,26)/t12-,13-/m1/s1. The van der Waals surface area contributed by atoms with Crippen molar-refractivity contribution in [1.29, 1.82) is 0 Å². The smallest absolute Gasteiger partial charge is 0.347 e. The van der Waals surface area contributed by atoms with Crippen molar-refractivity contribution in [1.82, 2.24) is 20.4 Å². The Morgan fingerprint density at radius 2 is 2.00 bits per heavy atom. The van der Waals surface area contributed by atoms with Gasteiger partial charge in [-0.15, -0.1) is 0 Å². The molecule has 2 atom stereocenters. The first-order chi connectivity index (χ1) is 12.3. The normalized spacial score (nSPS) is 20.8. The van der Waals surface area contributed by atoms with Gasteiger partial charge >= 0.3 is 6.18 Å². The number of piperidine rings is 1. The van der Waals surface area contributed by atoms with Crippen molar-refractivity contribution < 1.29 is 22.4 Å². The molecule has 1 saturated heterocycles. The molecule has 2 heterocycles. The van der Waals surface area contributed by atoms with Crippen LogP contribution in [0.1, 0.15) is 34.1 Å². The quantitative estimate of drug-likeness (QED) is 0.816. The molecule has 140 valence electrons. The van der Waals surface area contributed by atoms with Crippen molar-refractivity contribution in [3.05, 3.63) is 53.1 Å². The van der Waals surface area contributed by atoms with Gasteiger partial charge < -0.3 is 10.6 Å². The molecule has 3 rings (SSSR count). The lowest BCUT2D eigenvalue weighted by Gasteiger charge is -2.33. The third kappa shape index (κ3) is 3.87. The van der Waals surface area contributed by atoms with Crippen LogP contribution in [0.15, 0.2) is 30.3 Å². The molecule has 0 radical (unpaired) electrons. The lowest BCUT2D eigenvalue weighted by molar-refractivity contribution is -0.143. The maximum absolute atomic E-state index is 13.1. The molecule has 0 unspecified atom stereocenters. The Kier molecular flexibility index (Phi) is 4.99. The number of carbonyl (C=O) groups excluding carboxylic acids is 1. The van der Waals surface area contributed by atoms with Crippen molar-refractivity contribution in [2.75, 3.05) is 13.1 Å². The van der Waals surface area contributed by atoms with E-state index in [0.29, 0.717) is 24.2 Å². The van der Waals surface area contributed by atoms with E-state index < -0.39 is 17.8 Å². The Balaban J connectivity index is 1.77. The van der Waals surface area contributed by atoms with Crippen molar-refractivity contribution in [2.24, 2.45) is 7.05 Å². The van der Waals surface area contributed by atoms with E-state index >= 15 is 0 Å². The topological polar surface area (TPSA) is 59.0 Å². The zero-order valence-corrected chi connectivity index (χ0v) is 14.0. The van der Waals surface area contributed by atoms with Crippen LogP contribution in [0.3, 0.4) is 0 Å². The van der Waals surface area contributed by atoms with Gasteiger partial charge in [-0.1, -0.05) is 12.1 Å². The first kappa shape index (κ1) is 18.4. The van der Waals surface area contributed by atoms with Crippen LogP contribution in [-0.4, -0.2) is 34.8 Å². The summed E-state index contributed by atoms with van der Waals surface area (Å²) in [6.07, 6.45) is -3.97. The molecule has 0 saturated carbocycles. The lowest BCUT2D eigenvalue weighted by Crippen LogP contribution is -2.48. The van der Waals surface area contributed by atoms with Crippen LogP contribution in [0.25, 0.3) is 0 Å². The molecule has 0 spiro atoms. The molecular formula is C17H18F4N4O. The largest absolute Gasteiger partial charge is 0.433 e. The van der Waals surface area contributed by atoms with Crippen LogP contribution in [-0.2, 0) is 13.2 Å². The van der Waals surface area contributed by atoms with Gasteiger partial charge in [0.25, 0.3) is 5.91 Å². The molecule has 1 fully saturated rings. The predicted octanol–water partition coefficient (Wildman–Crippen LogP) is 2.45. The van der Waals surface area contributed by atoms with Gasteiger partial charge in [-0.2, -0.15) is 18.3 Å². The average Bonchev–Trinajstić information content (AvgIpc) is 2.99. The highest BCUT2D eigenvalue weighted by Gasteiger charge is 2.36. The van der Waals surface area contributed by atoms with E-state index in [1.54, 1.807) is 12.1 Å². The van der Waals surface area contributed by atoms with E-state index in [4.69, 9.17) is 0 Å². The number of carbonyl (C=O) groups is 1. The van der Waals surface area contributed by atoms with E-state index in [1.807, 2.05) is 0 Å². The zero-order chi connectivity index (χ0) is 18.9. The van der Waals surface area contributed by atoms with Crippen LogP contribution in [0, 0.1) is 5.82 Å². The Labute approximate surface area is 147 Å². The second-order valence-corrected chi connectivity index (χ2v) is 6.27. The van der Waals surface area contributed by atoms with E-state index in [0.717, 1.165) is 18.7 Å². The van der Waals surface area contributed by atoms with Crippen molar-refractivity contribution >= 4 is 5.91 Å². The second kappa shape index (κ2) is 7.06.